The van der Waals surface area contributed by atoms with Gasteiger partial charge in [0.25, 0.3) is 0 Å². The van der Waals surface area contributed by atoms with E-state index in [-0.39, 0.29) is 18.4 Å². The van der Waals surface area contributed by atoms with Crippen LogP contribution in [0.15, 0.2) is 11.8 Å². The number of rotatable bonds is 7. The average Bonchev–Trinajstić information content (AvgIpc) is 3.37. The Morgan fingerprint density at radius 1 is 1.36 bits per heavy atom. The second-order valence-corrected chi connectivity index (χ2v) is 6.20. The predicted molar refractivity (Wildman–Crippen MR) is 79.3 cm³/mol. The Morgan fingerprint density at radius 2 is 2.00 bits per heavy atom. The lowest BCUT2D eigenvalue weighted by Gasteiger charge is -2.39. The zero-order valence-electron chi connectivity index (χ0n) is 13.5. The number of aliphatic hydroxyl groups is 3. The standard InChI is InChI=1S/C15H22N2O8/c1-6(18)17-11-8(19)4-10(15(23)24)25-13(11)12(21)9(20)5-16-14(22)7-2-3-7/h4,7-9,11-13,19-21H,2-3,5H2,1H3,(H,16,22)(H,17,18)(H,23,24)/p-1/t8?,9-,11-,12-,13?/m1/s1. The van der Waals surface area contributed by atoms with Gasteiger partial charge in [0.15, 0.2) is 6.10 Å². The van der Waals surface area contributed by atoms with E-state index in [1.807, 2.05) is 0 Å². The summed E-state index contributed by atoms with van der Waals surface area (Å²) in [6.07, 6.45) is -3.74. The number of aliphatic hydroxyl groups excluding tert-OH is 3. The predicted octanol–water partition coefficient (Wildman–Crippen LogP) is -3.87. The van der Waals surface area contributed by atoms with Gasteiger partial charge in [-0.25, -0.2) is 0 Å². The molecule has 5 N–H and O–H groups in total. The number of amides is 2. The molecule has 1 fully saturated rings. The molecule has 2 aliphatic rings. The number of carboxylic acids is 1. The van der Waals surface area contributed by atoms with E-state index in [4.69, 9.17) is 4.74 Å². The van der Waals surface area contributed by atoms with Crippen LogP contribution in [0.1, 0.15) is 19.8 Å². The number of ether oxygens (including phenoxy) is 1. The molecule has 0 aromatic rings. The van der Waals surface area contributed by atoms with Gasteiger partial charge in [-0.1, -0.05) is 0 Å². The van der Waals surface area contributed by atoms with Crippen molar-refractivity contribution in [3.63, 3.8) is 0 Å². The number of nitrogens with one attached hydrogen (secondary N) is 2. The van der Waals surface area contributed by atoms with Crippen molar-refractivity contribution >= 4 is 17.8 Å². The molecule has 1 aliphatic heterocycles. The quantitative estimate of drug-likeness (QED) is 0.308. The fourth-order valence-electron chi connectivity index (χ4n) is 2.55. The van der Waals surface area contributed by atoms with Crippen LogP contribution in [0.25, 0.3) is 0 Å². The molecule has 140 valence electrons. The van der Waals surface area contributed by atoms with E-state index in [1.54, 1.807) is 0 Å². The third-order valence-electron chi connectivity index (χ3n) is 4.04. The minimum atomic E-state index is -1.71. The molecule has 0 aromatic carbocycles. The normalized spacial score (nSPS) is 28.2. The summed E-state index contributed by atoms with van der Waals surface area (Å²) in [6.45, 7) is 0.879. The molecule has 10 heteroatoms. The van der Waals surface area contributed by atoms with Gasteiger partial charge in [0, 0.05) is 19.4 Å². The number of hydrogen-bond acceptors (Lipinski definition) is 8. The molecule has 2 rings (SSSR count). The van der Waals surface area contributed by atoms with E-state index in [2.05, 4.69) is 10.6 Å². The molecule has 0 bridgehead atoms. The number of carbonyl (C=O) groups is 3. The maximum absolute atomic E-state index is 11.6. The average molecular weight is 357 g/mol. The summed E-state index contributed by atoms with van der Waals surface area (Å²) in [5, 5.41) is 46.1. The van der Waals surface area contributed by atoms with Gasteiger partial charge in [-0.3, -0.25) is 9.59 Å². The van der Waals surface area contributed by atoms with E-state index < -0.39 is 48.1 Å². The van der Waals surface area contributed by atoms with E-state index in [0.717, 1.165) is 18.9 Å². The van der Waals surface area contributed by atoms with Crippen molar-refractivity contribution in [2.45, 2.75) is 50.2 Å². The van der Waals surface area contributed by atoms with Crippen LogP contribution < -0.4 is 15.7 Å². The molecular formula is C15H21N2O8-. The molecule has 25 heavy (non-hydrogen) atoms. The Hall–Kier alpha value is -2.17. The van der Waals surface area contributed by atoms with Crippen molar-refractivity contribution in [3.05, 3.63) is 11.8 Å². The summed E-state index contributed by atoms with van der Waals surface area (Å²) in [5.41, 5.74) is 0. The van der Waals surface area contributed by atoms with Gasteiger partial charge in [-0.2, -0.15) is 0 Å². The fourth-order valence-corrected chi connectivity index (χ4v) is 2.55. The lowest BCUT2D eigenvalue weighted by atomic mass is 9.93. The first-order chi connectivity index (χ1) is 11.7. The van der Waals surface area contributed by atoms with Gasteiger partial charge >= 0.3 is 0 Å². The number of aliphatic carboxylic acids is 1. The fraction of sp³-hybridized carbons (Fsp3) is 0.667. The minimum absolute atomic E-state index is 0.0863. The van der Waals surface area contributed by atoms with E-state index in [1.165, 1.54) is 6.92 Å². The Labute approximate surface area is 143 Å². The van der Waals surface area contributed by atoms with Gasteiger partial charge in [-0.15, -0.1) is 0 Å². The Bertz CT molecular complexity index is 574. The molecule has 0 radical (unpaired) electrons. The molecule has 5 atom stereocenters. The molecule has 0 spiro atoms. The molecule has 0 aromatic heterocycles. The van der Waals surface area contributed by atoms with Crippen LogP contribution >= 0.6 is 0 Å². The molecule has 2 amide bonds. The van der Waals surface area contributed by atoms with Crippen molar-refractivity contribution in [1.82, 2.24) is 10.6 Å². The summed E-state index contributed by atoms with van der Waals surface area (Å²) in [5.74, 6) is -3.31. The Morgan fingerprint density at radius 3 is 2.52 bits per heavy atom. The SMILES string of the molecule is CC(=O)N[C@@H]1C(O)C=C(C(=O)[O-])OC1[C@H](O)[C@H](O)CNC(=O)C1CC1. The largest absolute Gasteiger partial charge is 0.542 e. The van der Waals surface area contributed by atoms with Gasteiger partial charge in [0.1, 0.15) is 23.9 Å². The van der Waals surface area contributed by atoms with Crippen LogP contribution in [0.4, 0.5) is 0 Å². The molecule has 1 saturated carbocycles. The lowest BCUT2D eigenvalue weighted by Crippen LogP contribution is -2.60. The summed E-state index contributed by atoms with van der Waals surface area (Å²) < 4.78 is 5.08. The first-order valence-corrected chi connectivity index (χ1v) is 7.89. The molecule has 2 unspecified atom stereocenters. The van der Waals surface area contributed by atoms with Gasteiger partial charge in [0.05, 0.1) is 12.1 Å². The van der Waals surface area contributed by atoms with E-state index in [0.29, 0.717) is 0 Å². The summed E-state index contributed by atoms with van der Waals surface area (Å²) >= 11 is 0. The van der Waals surface area contributed by atoms with Crippen molar-refractivity contribution in [1.29, 1.82) is 0 Å². The molecule has 0 saturated heterocycles. The van der Waals surface area contributed by atoms with Gasteiger partial charge < -0.3 is 40.6 Å². The summed E-state index contributed by atoms with van der Waals surface area (Å²) in [7, 11) is 0. The number of carbonyl (C=O) groups excluding carboxylic acids is 3. The first kappa shape index (κ1) is 19.2. The smallest absolute Gasteiger partial charge is 0.223 e. The van der Waals surface area contributed by atoms with Crippen LogP contribution in [-0.4, -0.2) is 70.1 Å². The van der Waals surface area contributed by atoms with Crippen molar-refractivity contribution < 1.29 is 39.5 Å². The van der Waals surface area contributed by atoms with Crippen LogP contribution in [-0.2, 0) is 19.1 Å². The molecule has 10 nitrogen and oxygen atoms in total. The van der Waals surface area contributed by atoms with Crippen molar-refractivity contribution in [2.24, 2.45) is 5.92 Å². The second kappa shape index (κ2) is 7.81. The zero-order valence-corrected chi connectivity index (χ0v) is 13.5. The highest BCUT2D eigenvalue weighted by molar-refractivity contribution is 5.83. The highest BCUT2D eigenvalue weighted by atomic mass is 16.5. The minimum Gasteiger partial charge on any atom is -0.542 e. The topological polar surface area (TPSA) is 168 Å². The Balaban J connectivity index is 2.07. The van der Waals surface area contributed by atoms with E-state index >= 15 is 0 Å². The summed E-state index contributed by atoms with van der Waals surface area (Å²) in [4.78, 5) is 33.8. The highest BCUT2D eigenvalue weighted by Crippen LogP contribution is 2.28. The van der Waals surface area contributed by atoms with E-state index in [9.17, 15) is 34.8 Å². The van der Waals surface area contributed by atoms with Gasteiger partial charge in [0.2, 0.25) is 11.8 Å². The van der Waals surface area contributed by atoms with Crippen LogP contribution in [0.2, 0.25) is 0 Å². The van der Waals surface area contributed by atoms with Crippen LogP contribution in [0.5, 0.6) is 0 Å². The third-order valence-corrected chi connectivity index (χ3v) is 4.04. The molecule has 1 heterocycles. The monoisotopic (exact) mass is 357 g/mol. The number of hydrogen-bond donors (Lipinski definition) is 5. The Kier molecular flexibility index (Phi) is 5.98. The highest BCUT2D eigenvalue weighted by Gasteiger charge is 2.42. The third kappa shape index (κ3) is 4.91. The maximum atomic E-state index is 11.6. The second-order valence-electron chi connectivity index (χ2n) is 6.20. The summed E-state index contributed by atoms with van der Waals surface area (Å²) in [6, 6.07) is -1.19. The lowest BCUT2D eigenvalue weighted by molar-refractivity contribution is -0.305. The molecular weight excluding hydrogens is 336 g/mol. The van der Waals surface area contributed by atoms with Crippen LogP contribution in [0.3, 0.4) is 0 Å². The van der Waals surface area contributed by atoms with Crippen molar-refractivity contribution in [2.75, 3.05) is 6.54 Å². The van der Waals surface area contributed by atoms with Crippen molar-refractivity contribution in [3.8, 4) is 0 Å². The number of carboxylic acid groups (broad SMARTS) is 1. The zero-order chi connectivity index (χ0) is 18.7. The van der Waals surface area contributed by atoms with Crippen LogP contribution in [0, 0.1) is 5.92 Å². The molecule has 1 aliphatic carbocycles. The maximum Gasteiger partial charge on any atom is 0.223 e. The first-order valence-electron chi connectivity index (χ1n) is 7.89. The van der Waals surface area contributed by atoms with Gasteiger partial charge in [-0.05, 0) is 18.9 Å².